The van der Waals surface area contributed by atoms with Crippen molar-refractivity contribution < 1.29 is 14.7 Å². The fraction of sp³-hybridized carbons (Fsp3) is 0.714. The summed E-state index contributed by atoms with van der Waals surface area (Å²) in [6, 6.07) is 0. The van der Waals surface area contributed by atoms with E-state index in [1.807, 2.05) is 13.0 Å². The number of carboxylic acid groups (broad SMARTS) is 1. The fourth-order valence-corrected chi connectivity index (χ4v) is 3.89. The number of hydrogen-bond acceptors (Lipinski definition) is 2. The summed E-state index contributed by atoms with van der Waals surface area (Å²) < 4.78 is 0. The lowest BCUT2D eigenvalue weighted by Crippen LogP contribution is -2.48. The maximum atomic E-state index is 11.5. The molecule has 0 saturated heterocycles. The first-order valence-electron chi connectivity index (χ1n) is 6.33. The molecular formula is C14H20O3. The fourth-order valence-electron chi connectivity index (χ4n) is 3.89. The normalized spacial score (nSPS) is 41.3. The SMILES string of the molecule is CC12C=C(C=O)CCC1C(C)(C(=O)O)CCC2. The van der Waals surface area contributed by atoms with E-state index < -0.39 is 11.4 Å². The van der Waals surface area contributed by atoms with Crippen LogP contribution in [0.5, 0.6) is 0 Å². The molecule has 3 unspecified atom stereocenters. The molecule has 0 aromatic carbocycles. The second-order valence-corrected chi connectivity index (χ2v) is 6.01. The van der Waals surface area contributed by atoms with Crippen molar-refractivity contribution in [3.63, 3.8) is 0 Å². The predicted octanol–water partition coefficient (Wildman–Crippen LogP) is 2.80. The molecule has 3 nitrogen and oxygen atoms in total. The summed E-state index contributed by atoms with van der Waals surface area (Å²) in [5.74, 6) is -0.527. The highest BCUT2D eigenvalue weighted by Crippen LogP contribution is 2.56. The highest BCUT2D eigenvalue weighted by Gasteiger charge is 2.52. The summed E-state index contributed by atoms with van der Waals surface area (Å²) in [5.41, 5.74) is 0.107. The van der Waals surface area contributed by atoms with Crippen molar-refractivity contribution in [1.29, 1.82) is 0 Å². The van der Waals surface area contributed by atoms with Gasteiger partial charge in [-0.15, -0.1) is 0 Å². The topological polar surface area (TPSA) is 54.4 Å². The molecule has 0 aliphatic heterocycles. The summed E-state index contributed by atoms with van der Waals surface area (Å²) in [4.78, 5) is 22.4. The smallest absolute Gasteiger partial charge is 0.309 e. The van der Waals surface area contributed by atoms with E-state index in [4.69, 9.17) is 0 Å². The molecule has 0 spiro atoms. The third kappa shape index (κ3) is 1.81. The van der Waals surface area contributed by atoms with Gasteiger partial charge in [-0.05, 0) is 49.5 Å². The van der Waals surface area contributed by atoms with Crippen molar-refractivity contribution >= 4 is 12.3 Å². The molecule has 2 rings (SSSR count). The molecule has 0 bridgehead atoms. The summed E-state index contributed by atoms with van der Waals surface area (Å²) >= 11 is 0. The van der Waals surface area contributed by atoms with E-state index in [0.29, 0.717) is 0 Å². The minimum Gasteiger partial charge on any atom is -0.481 e. The number of hydrogen-bond donors (Lipinski definition) is 1. The number of aldehydes is 1. The number of allylic oxidation sites excluding steroid dienone is 2. The van der Waals surface area contributed by atoms with Crippen LogP contribution in [0.15, 0.2) is 11.6 Å². The van der Waals surface area contributed by atoms with Gasteiger partial charge in [0.1, 0.15) is 6.29 Å². The molecule has 1 N–H and O–H groups in total. The molecule has 17 heavy (non-hydrogen) atoms. The van der Waals surface area contributed by atoms with Gasteiger partial charge < -0.3 is 5.11 Å². The van der Waals surface area contributed by atoms with Crippen molar-refractivity contribution in [2.24, 2.45) is 16.7 Å². The molecule has 1 fully saturated rings. The summed E-state index contributed by atoms with van der Waals surface area (Å²) in [6.45, 7) is 3.98. The molecule has 3 heteroatoms. The highest BCUT2D eigenvalue weighted by molar-refractivity contribution is 5.76. The van der Waals surface area contributed by atoms with Gasteiger partial charge in [-0.25, -0.2) is 0 Å². The molecule has 2 aliphatic carbocycles. The van der Waals surface area contributed by atoms with Crippen LogP contribution in [0.4, 0.5) is 0 Å². The van der Waals surface area contributed by atoms with E-state index in [9.17, 15) is 14.7 Å². The van der Waals surface area contributed by atoms with Gasteiger partial charge in [0.2, 0.25) is 0 Å². The predicted molar refractivity (Wildman–Crippen MR) is 64.6 cm³/mol. The standard InChI is InChI=1S/C14H20O3/c1-13-6-3-7-14(2,12(16)17)11(13)5-4-10(8-13)9-15/h8-9,11H,3-7H2,1-2H3,(H,16,17). The van der Waals surface area contributed by atoms with E-state index in [2.05, 4.69) is 6.92 Å². The zero-order valence-electron chi connectivity index (χ0n) is 10.5. The number of aliphatic carboxylic acids is 1. The molecular weight excluding hydrogens is 216 g/mol. The highest BCUT2D eigenvalue weighted by atomic mass is 16.4. The van der Waals surface area contributed by atoms with E-state index in [1.54, 1.807) is 0 Å². The van der Waals surface area contributed by atoms with Crippen LogP contribution in [-0.4, -0.2) is 17.4 Å². The van der Waals surface area contributed by atoms with Crippen LogP contribution < -0.4 is 0 Å². The van der Waals surface area contributed by atoms with E-state index >= 15 is 0 Å². The van der Waals surface area contributed by atoms with Crippen LogP contribution in [-0.2, 0) is 9.59 Å². The molecule has 1 saturated carbocycles. The minimum absolute atomic E-state index is 0.111. The first kappa shape index (κ1) is 12.3. The van der Waals surface area contributed by atoms with Crippen LogP contribution in [0.1, 0.15) is 46.0 Å². The molecule has 0 amide bonds. The van der Waals surface area contributed by atoms with Crippen LogP contribution in [0, 0.1) is 16.7 Å². The third-order valence-corrected chi connectivity index (χ3v) is 4.85. The second kappa shape index (κ2) is 3.97. The first-order chi connectivity index (χ1) is 7.92. The molecule has 0 radical (unpaired) electrons. The molecule has 0 aromatic rings. The maximum Gasteiger partial charge on any atom is 0.309 e. The molecule has 3 atom stereocenters. The van der Waals surface area contributed by atoms with Crippen molar-refractivity contribution in [2.75, 3.05) is 0 Å². The van der Waals surface area contributed by atoms with Gasteiger partial charge >= 0.3 is 5.97 Å². The Hall–Kier alpha value is -1.12. The Morgan fingerprint density at radius 1 is 1.47 bits per heavy atom. The monoisotopic (exact) mass is 236 g/mol. The Balaban J connectivity index is 2.40. The number of carbonyl (C=O) groups is 2. The van der Waals surface area contributed by atoms with Gasteiger partial charge in [-0.2, -0.15) is 0 Å². The average Bonchev–Trinajstić information content (AvgIpc) is 2.27. The lowest BCUT2D eigenvalue weighted by atomic mass is 9.52. The van der Waals surface area contributed by atoms with Gasteiger partial charge in [-0.1, -0.05) is 19.4 Å². The molecule has 94 valence electrons. The zero-order chi connectivity index (χ0) is 12.7. The summed E-state index contributed by atoms with van der Waals surface area (Å²) in [6.07, 6.45) is 7.20. The number of rotatable bonds is 2. The number of carbonyl (C=O) groups excluding carboxylic acids is 1. The Labute approximate surface area is 102 Å². The Morgan fingerprint density at radius 2 is 2.18 bits per heavy atom. The van der Waals surface area contributed by atoms with Crippen molar-refractivity contribution in [3.8, 4) is 0 Å². The average molecular weight is 236 g/mol. The van der Waals surface area contributed by atoms with Crippen LogP contribution in [0.25, 0.3) is 0 Å². The maximum absolute atomic E-state index is 11.5. The Morgan fingerprint density at radius 3 is 2.76 bits per heavy atom. The number of carboxylic acids is 1. The van der Waals surface area contributed by atoms with E-state index in [-0.39, 0.29) is 11.3 Å². The van der Waals surface area contributed by atoms with Crippen molar-refractivity contribution in [1.82, 2.24) is 0 Å². The molecule has 2 aliphatic rings. The van der Waals surface area contributed by atoms with Crippen LogP contribution in [0.3, 0.4) is 0 Å². The quantitative estimate of drug-likeness (QED) is 0.750. The van der Waals surface area contributed by atoms with Gasteiger partial charge in [-0.3, -0.25) is 9.59 Å². The Bertz CT molecular complexity index is 385. The molecule has 0 aromatic heterocycles. The van der Waals surface area contributed by atoms with Crippen molar-refractivity contribution in [2.45, 2.75) is 46.0 Å². The lowest BCUT2D eigenvalue weighted by molar-refractivity contribution is -0.158. The van der Waals surface area contributed by atoms with Crippen LogP contribution >= 0.6 is 0 Å². The second-order valence-electron chi connectivity index (χ2n) is 6.01. The van der Waals surface area contributed by atoms with E-state index in [0.717, 1.165) is 44.0 Å². The van der Waals surface area contributed by atoms with Gasteiger partial charge in [0.05, 0.1) is 5.41 Å². The van der Waals surface area contributed by atoms with Crippen LogP contribution in [0.2, 0.25) is 0 Å². The lowest BCUT2D eigenvalue weighted by Gasteiger charge is -2.51. The van der Waals surface area contributed by atoms with E-state index in [1.165, 1.54) is 0 Å². The molecule has 0 heterocycles. The van der Waals surface area contributed by atoms with Gasteiger partial charge in [0, 0.05) is 0 Å². The Kier molecular flexibility index (Phi) is 2.88. The summed E-state index contributed by atoms with van der Waals surface area (Å²) in [7, 11) is 0. The first-order valence-corrected chi connectivity index (χ1v) is 6.33. The minimum atomic E-state index is -0.684. The third-order valence-electron chi connectivity index (χ3n) is 4.85. The summed E-state index contributed by atoms with van der Waals surface area (Å²) in [5, 5.41) is 9.48. The van der Waals surface area contributed by atoms with Gasteiger partial charge in [0.25, 0.3) is 0 Å². The van der Waals surface area contributed by atoms with Crippen molar-refractivity contribution in [3.05, 3.63) is 11.6 Å². The zero-order valence-corrected chi connectivity index (χ0v) is 10.5. The largest absolute Gasteiger partial charge is 0.481 e. The number of fused-ring (bicyclic) bond motifs is 1. The van der Waals surface area contributed by atoms with Gasteiger partial charge in [0.15, 0.2) is 0 Å².